The Morgan fingerprint density at radius 1 is 1.16 bits per heavy atom. The van der Waals surface area contributed by atoms with Gasteiger partial charge in [-0.05, 0) is 31.6 Å². The minimum atomic E-state index is -0.784. The second kappa shape index (κ2) is 11.0. The number of imidazole rings is 1. The summed E-state index contributed by atoms with van der Waals surface area (Å²) in [4.78, 5) is 24.9. The first-order valence-electron chi connectivity index (χ1n) is 9.31. The van der Waals surface area contributed by atoms with Crippen LogP contribution in [-0.4, -0.2) is 36.9 Å². The maximum atomic E-state index is 12.0. The molecule has 25 heavy (non-hydrogen) atoms. The number of H-pyrrole nitrogens is 1. The van der Waals surface area contributed by atoms with Crippen molar-refractivity contribution >= 4 is 5.97 Å². The Kier molecular flexibility index (Phi) is 9.34. The van der Waals surface area contributed by atoms with Gasteiger partial charge >= 0.3 is 11.7 Å². The van der Waals surface area contributed by atoms with Gasteiger partial charge in [0.25, 0.3) is 0 Å². The SMILES string of the molecule is CCC(CC)C(O)CCn1c(CCCCCCC(=O)O)c(O)[nH]c1=O. The van der Waals surface area contributed by atoms with E-state index in [-0.39, 0.29) is 23.9 Å². The fraction of sp³-hybridized carbons (Fsp3) is 0.778. The van der Waals surface area contributed by atoms with Gasteiger partial charge in [0.15, 0.2) is 0 Å². The summed E-state index contributed by atoms with van der Waals surface area (Å²) in [6.45, 7) is 4.46. The molecule has 7 heteroatoms. The van der Waals surface area contributed by atoms with Gasteiger partial charge in [0, 0.05) is 13.0 Å². The van der Waals surface area contributed by atoms with Crippen LogP contribution in [0.2, 0.25) is 0 Å². The normalized spacial score (nSPS) is 12.6. The molecule has 0 radical (unpaired) electrons. The highest BCUT2D eigenvalue weighted by Crippen LogP contribution is 2.19. The zero-order chi connectivity index (χ0) is 18.8. The number of carboxylic acid groups (broad SMARTS) is 1. The fourth-order valence-corrected chi connectivity index (χ4v) is 3.23. The smallest absolute Gasteiger partial charge is 0.328 e. The number of aromatic hydroxyl groups is 1. The summed E-state index contributed by atoms with van der Waals surface area (Å²) >= 11 is 0. The number of aromatic nitrogens is 2. The number of aromatic amines is 1. The standard InChI is InChI=1S/C18H32N2O5/c1-3-13(4-2)15(21)11-12-20-14(17(24)19-18(20)25)9-7-5-6-8-10-16(22)23/h13,15,21,24H,3-12H2,1-2H3,(H,19,25)(H,22,23). The van der Waals surface area contributed by atoms with Crippen LogP contribution < -0.4 is 5.69 Å². The monoisotopic (exact) mass is 356 g/mol. The van der Waals surface area contributed by atoms with Gasteiger partial charge < -0.3 is 15.3 Å². The molecule has 0 aliphatic rings. The predicted molar refractivity (Wildman–Crippen MR) is 95.8 cm³/mol. The van der Waals surface area contributed by atoms with Gasteiger partial charge in [-0.15, -0.1) is 0 Å². The lowest BCUT2D eigenvalue weighted by Crippen LogP contribution is -2.25. The van der Waals surface area contributed by atoms with Crippen LogP contribution >= 0.6 is 0 Å². The number of carboxylic acids is 1. The summed E-state index contributed by atoms with van der Waals surface area (Å²) in [5, 5.41) is 28.8. The molecule has 0 aliphatic heterocycles. The van der Waals surface area contributed by atoms with Gasteiger partial charge in [-0.2, -0.15) is 0 Å². The Bertz CT molecular complexity index is 575. The molecule has 1 aromatic rings. The lowest BCUT2D eigenvalue weighted by Gasteiger charge is -2.20. The molecule has 0 saturated carbocycles. The summed E-state index contributed by atoms with van der Waals surface area (Å²) in [6.07, 6.45) is 5.63. The topological polar surface area (TPSA) is 116 Å². The number of hydrogen-bond acceptors (Lipinski definition) is 4. The molecule has 0 aliphatic carbocycles. The van der Waals surface area contributed by atoms with Gasteiger partial charge in [-0.3, -0.25) is 14.3 Å². The van der Waals surface area contributed by atoms with Crippen molar-refractivity contribution in [3.63, 3.8) is 0 Å². The van der Waals surface area contributed by atoms with Crippen molar-refractivity contribution in [2.24, 2.45) is 5.92 Å². The first kappa shape index (κ1) is 21.3. The summed E-state index contributed by atoms with van der Waals surface area (Å²) in [5.41, 5.74) is 0.218. The van der Waals surface area contributed by atoms with E-state index in [9.17, 15) is 19.8 Å². The van der Waals surface area contributed by atoms with E-state index >= 15 is 0 Å². The van der Waals surface area contributed by atoms with Crippen LogP contribution in [-0.2, 0) is 17.8 Å². The number of nitrogens with zero attached hydrogens (tertiary/aromatic N) is 1. The van der Waals surface area contributed by atoms with Gasteiger partial charge in [-0.25, -0.2) is 4.79 Å². The number of rotatable bonds is 13. The largest absolute Gasteiger partial charge is 0.493 e. The molecule has 0 amide bonds. The zero-order valence-corrected chi connectivity index (χ0v) is 15.3. The quantitative estimate of drug-likeness (QED) is 0.406. The number of nitrogens with one attached hydrogen (secondary N) is 1. The molecule has 0 saturated heterocycles. The molecular formula is C18H32N2O5. The molecule has 7 nitrogen and oxygen atoms in total. The molecule has 1 heterocycles. The third-order valence-electron chi connectivity index (χ3n) is 4.87. The molecule has 1 aromatic heterocycles. The highest BCUT2D eigenvalue weighted by atomic mass is 16.4. The zero-order valence-electron chi connectivity index (χ0n) is 15.3. The van der Waals surface area contributed by atoms with E-state index < -0.39 is 12.1 Å². The van der Waals surface area contributed by atoms with Gasteiger partial charge in [0.1, 0.15) is 0 Å². The maximum absolute atomic E-state index is 12.0. The van der Waals surface area contributed by atoms with E-state index in [1.165, 1.54) is 4.57 Å². The van der Waals surface area contributed by atoms with Crippen molar-refractivity contribution in [1.29, 1.82) is 0 Å². The third kappa shape index (κ3) is 6.94. The molecule has 0 aromatic carbocycles. The average molecular weight is 356 g/mol. The van der Waals surface area contributed by atoms with Gasteiger partial charge in [0.05, 0.1) is 11.8 Å². The van der Waals surface area contributed by atoms with Crippen LogP contribution in [0.4, 0.5) is 0 Å². The highest BCUT2D eigenvalue weighted by molar-refractivity contribution is 5.66. The van der Waals surface area contributed by atoms with E-state index in [1.54, 1.807) is 0 Å². The van der Waals surface area contributed by atoms with E-state index in [2.05, 4.69) is 4.98 Å². The van der Waals surface area contributed by atoms with Crippen molar-refractivity contribution in [1.82, 2.24) is 9.55 Å². The minimum absolute atomic E-state index is 0.104. The van der Waals surface area contributed by atoms with Crippen LogP contribution in [0, 0.1) is 5.92 Å². The lowest BCUT2D eigenvalue weighted by molar-refractivity contribution is -0.137. The minimum Gasteiger partial charge on any atom is -0.493 e. The Morgan fingerprint density at radius 3 is 2.40 bits per heavy atom. The van der Waals surface area contributed by atoms with Gasteiger partial charge in [0.2, 0.25) is 5.88 Å². The maximum Gasteiger partial charge on any atom is 0.328 e. The van der Waals surface area contributed by atoms with Crippen molar-refractivity contribution in [2.75, 3.05) is 0 Å². The molecule has 4 N–H and O–H groups in total. The summed E-state index contributed by atoms with van der Waals surface area (Å²) in [5.74, 6) is -0.665. The molecule has 0 fully saturated rings. The Hall–Kier alpha value is -1.76. The van der Waals surface area contributed by atoms with E-state index in [1.807, 2.05) is 13.8 Å². The van der Waals surface area contributed by atoms with E-state index in [0.717, 1.165) is 32.1 Å². The number of aliphatic hydroxyl groups is 1. The molecule has 0 spiro atoms. The number of aliphatic hydroxyl groups excluding tert-OH is 1. The Morgan fingerprint density at radius 2 is 1.80 bits per heavy atom. The number of hydrogen-bond donors (Lipinski definition) is 4. The van der Waals surface area contributed by atoms with Crippen molar-refractivity contribution in [3.8, 4) is 5.88 Å². The highest BCUT2D eigenvalue weighted by Gasteiger charge is 2.18. The number of unbranched alkanes of at least 4 members (excludes halogenated alkanes) is 3. The molecule has 1 atom stereocenters. The predicted octanol–water partition coefficient (Wildman–Crippen LogP) is 2.65. The molecule has 0 bridgehead atoms. The first-order valence-corrected chi connectivity index (χ1v) is 9.31. The van der Waals surface area contributed by atoms with Crippen molar-refractivity contribution in [2.45, 2.75) is 84.3 Å². The van der Waals surface area contributed by atoms with Crippen LogP contribution in [0.25, 0.3) is 0 Å². The number of carbonyl (C=O) groups is 1. The Labute approximate surface area is 148 Å². The molecular weight excluding hydrogens is 324 g/mol. The fourth-order valence-electron chi connectivity index (χ4n) is 3.23. The molecule has 144 valence electrons. The van der Waals surface area contributed by atoms with Crippen molar-refractivity contribution in [3.05, 3.63) is 16.2 Å². The van der Waals surface area contributed by atoms with Crippen LogP contribution in [0.1, 0.15) is 70.9 Å². The average Bonchev–Trinajstić information content (AvgIpc) is 2.83. The summed E-state index contributed by atoms with van der Waals surface area (Å²) < 4.78 is 1.51. The van der Waals surface area contributed by atoms with E-state index in [4.69, 9.17) is 5.11 Å². The molecule has 1 rings (SSSR count). The van der Waals surface area contributed by atoms with Crippen LogP contribution in [0.5, 0.6) is 5.88 Å². The summed E-state index contributed by atoms with van der Waals surface area (Å²) in [6, 6.07) is 0. The number of aliphatic carboxylic acids is 1. The second-order valence-electron chi connectivity index (χ2n) is 6.62. The third-order valence-corrected chi connectivity index (χ3v) is 4.87. The van der Waals surface area contributed by atoms with E-state index in [0.29, 0.717) is 31.5 Å². The Balaban J connectivity index is 2.55. The van der Waals surface area contributed by atoms with Crippen molar-refractivity contribution < 1.29 is 20.1 Å². The lowest BCUT2D eigenvalue weighted by atomic mass is 9.94. The van der Waals surface area contributed by atoms with Gasteiger partial charge in [-0.1, -0.05) is 39.5 Å². The molecule has 1 unspecified atom stereocenters. The van der Waals surface area contributed by atoms with Crippen LogP contribution in [0.3, 0.4) is 0 Å². The second-order valence-corrected chi connectivity index (χ2v) is 6.62. The summed E-state index contributed by atoms with van der Waals surface area (Å²) in [7, 11) is 0. The van der Waals surface area contributed by atoms with Crippen LogP contribution in [0.15, 0.2) is 4.79 Å². The first-order chi connectivity index (χ1) is 11.9.